The number of benzene rings is 3. The van der Waals surface area contributed by atoms with Crippen LogP contribution >= 0.6 is 23.2 Å². The molecule has 0 saturated carbocycles. The Balaban J connectivity index is 1.57. The molecule has 0 spiro atoms. The summed E-state index contributed by atoms with van der Waals surface area (Å²) in [5.41, 5.74) is 2.61. The molecule has 0 saturated heterocycles. The van der Waals surface area contributed by atoms with E-state index >= 15 is 0 Å². The van der Waals surface area contributed by atoms with Gasteiger partial charge in [0.15, 0.2) is 12.4 Å². The van der Waals surface area contributed by atoms with Gasteiger partial charge in [-0.15, -0.1) is 0 Å². The van der Waals surface area contributed by atoms with Crippen LogP contribution in [0.2, 0.25) is 10.0 Å². The standard InChI is InChI=1S/C22H17Cl2NO3/c1-14-2-11-20(19(24)12-14)25-21(26)13-28-18-9-5-16(6-10-18)22(27)15-3-7-17(23)8-4-15/h2-12H,13H2,1H3,(H,25,26). The number of hydrogen-bond donors (Lipinski definition) is 1. The lowest BCUT2D eigenvalue weighted by Crippen LogP contribution is -2.20. The summed E-state index contributed by atoms with van der Waals surface area (Å²) in [4.78, 5) is 24.5. The third-order valence-electron chi connectivity index (χ3n) is 3.99. The van der Waals surface area contributed by atoms with Gasteiger partial charge in [-0.2, -0.15) is 0 Å². The highest BCUT2D eigenvalue weighted by Crippen LogP contribution is 2.23. The summed E-state index contributed by atoms with van der Waals surface area (Å²) in [6.45, 7) is 1.75. The number of rotatable bonds is 6. The van der Waals surface area contributed by atoms with E-state index in [-0.39, 0.29) is 18.3 Å². The van der Waals surface area contributed by atoms with Crippen LogP contribution in [0.25, 0.3) is 0 Å². The number of ether oxygens (including phenoxy) is 1. The third-order valence-corrected chi connectivity index (χ3v) is 4.56. The first-order chi connectivity index (χ1) is 13.4. The van der Waals surface area contributed by atoms with E-state index in [1.54, 1.807) is 60.7 Å². The zero-order valence-corrected chi connectivity index (χ0v) is 16.6. The van der Waals surface area contributed by atoms with E-state index in [1.165, 1.54) is 0 Å². The van der Waals surface area contributed by atoms with Crippen LogP contribution in [0.1, 0.15) is 21.5 Å². The van der Waals surface area contributed by atoms with Gasteiger partial charge < -0.3 is 10.1 Å². The predicted molar refractivity (Wildman–Crippen MR) is 112 cm³/mol. The fourth-order valence-corrected chi connectivity index (χ4v) is 2.94. The molecule has 0 bridgehead atoms. The van der Waals surface area contributed by atoms with Crippen LogP contribution < -0.4 is 10.1 Å². The molecule has 3 rings (SSSR count). The molecular weight excluding hydrogens is 397 g/mol. The minimum Gasteiger partial charge on any atom is -0.484 e. The quantitative estimate of drug-likeness (QED) is 0.538. The largest absolute Gasteiger partial charge is 0.484 e. The average Bonchev–Trinajstić information content (AvgIpc) is 2.69. The maximum absolute atomic E-state index is 12.4. The minimum absolute atomic E-state index is 0.116. The van der Waals surface area contributed by atoms with E-state index in [0.717, 1.165) is 5.56 Å². The number of aryl methyl sites for hydroxylation is 1. The van der Waals surface area contributed by atoms with Gasteiger partial charge in [-0.3, -0.25) is 9.59 Å². The predicted octanol–water partition coefficient (Wildman–Crippen LogP) is 5.55. The first-order valence-electron chi connectivity index (χ1n) is 8.51. The summed E-state index contributed by atoms with van der Waals surface area (Å²) in [5.74, 6) is 0.0415. The molecule has 142 valence electrons. The molecule has 0 atom stereocenters. The Kier molecular flexibility index (Phi) is 6.34. The zero-order valence-electron chi connectivity index (χ0n) is 15.0. The van der Waals surface area contributed by atoms with E-state index < -0.39 is 0 Å². The Morgan fingerprint density at radius 2 is 1.50 bits per heavy atom. The number of amides is 1. The Morgan fingerprint density at radius 1 is 0.893 bits per heavy atom. The molecule has 3 aromatic carbocycles. The van der Waals surface area contributed by atoms with Gasteiger partial charge in [0.2, 0.25) is 0 Å². The summed E-state index contributed by atoms with van der Waals surface area (Å²) in [6, 6.07) is 18.7. The number of ketones is 1. The zero-order chi connectivity index (χ0) is 20.1. The van der Waals surface area contributed by atoms with E-state index in [1.807, 2.05) is 13.0 Å². The maximum atomic E-state index is 12.4. The highest BCUT2D eigenvalue weighted by atomic mass is 35.5. The first-order valence-corrected chi connectivity index (χ1v) is 9.27. The minimum atomic E-state index is -0.327. The monoisotopic (exact) mass is 413 g/mol. The topological polar surface area (TPSA) is 55.4 Å². The number of hydrogen-bond acceptors (Lipinski definition) is 3. The summed E-state index contributed by atoms with van der Waals surface area (Å²) >= 11 is 11.9. The molecule has 0 aliphatic carbocycles. The van der Waals surface area contributed by atoms with Gasteiger partial charge in [-0.1, -0.05) is 29.3 Å². The molecule has 0 heterocycles. The SMILES string of the molecule is Cc1ccc(NC(=O)COc2ccc(C(=O)c3ccc(Cl)cc3)cc2)c(Cl)c1. The fraction of sp³-hybridized carbons (Fsp3) is 0.0909. The van der Waals surface area contributed by atoms with Gasteiger partial charge >= 0.3 is 0 Å². The molecule has 0 radical (unpaired) electrons. The molecule has 3 aromatic rings. The molecule has 4 nitrogen and oxygen atoms in total. The van der Waals surface area contributed by atoms with Crippen LogP contribution in [0.5, 0.6) is 5.75 Å². The Hall–Kier alpha value is -2.82. The Morgan fingerprint density at radius 3 is 2.11 bits per heavy atom. The van der Waals surface area contributed by atoms with Crippen LogP contribution in [0, 0.1) is 6.92 Å². The average molecular weight is 414 g/mol. The van der Waals surface area contributed by atoms with Gasteiger partial charge in [0, 0.05) is 16.1 Å². The molecule has 1 amide bonds. The second-order valence-corrected chi connectivity index (χ2v) is 7.02. The molecule has 0 unspecified atom stereocenters. The summed E-state index contributed by atoms with van der Waals surface area (Å²) in [7, 11) is 0. The van der Waals surface area contributed by atoms with Crippen molar-refractivity contribution in [2.45, 2.75) is 6.92 Å². The van der Waals surface area contributed by atoms with Gasteiger partial charge in [0.25, 0.3) is 5.91 Å². The van der Waals surface area contributed by atoms with Crippen molar-refractivity contribution in [1.82, 2.24) is 0 Å². The van der Waals surface area contributed by atoms with Crippen LogP contribution in [-0.4, -0.2) is 18.3 Å². The van der Waals surface area contributed by atoms with Crippen molar-refractivity contribution in [1.29, 1.82) is 0 Å². The number of nitrogens with one attached hydrogen (secondary N) is 1. The Labute approximate surface area is 173 Å². The number of carbonyl (C=O) groups is 2. The molecule has 0 fully saturated rings. The van der Waals surface area contributed by atoms with Gasteiger partial charge in [-0.25, -0.2) is 0 Å². The van der Waals surface area contributed by atoms with E-state index in [2.05, 4.69) is 5.32 Å². The smallest absolute Gasteiger partial charge is 0.262 e. The highest BCUT2D eigenvalue weighted by molar-refractivity contribution is 6.33. The van der Waals surface area contributed by atoms with E-state index in [4.69, 9.17) is 27.9 Å². The number of carbonyl (C=O) groups excluding carboxylic acids is 2. The third kappa shape index (κ3) is 5.12. The van der Waals surface area contributed by atoms with Crippen molar-refractivity contribution >= 4 is 40.6 Å². The normalized spacial score (nSPS) is 10.4. The van der Waals surface area contributed by atoms with Crippen LogP contribution in [0.15, 0.2) is 66.7 Å². The molecule has 28 heavy (non-hydrogen) atoms. The van der Waals surface area contributed by atoms with Gasteiger partial charge in [0.1, 0.15) is 5.75 Å². The first kappa shape index (κ1) is 19.9. The van der Waals surface area contributed by atoms with Crippen molar-refractivity contribution in [2.24, 2.45) is 0 Å². The number of halogens is 2. The van der Waals surface area contributed by atoms with E-state index in [9.17, 15) is 9.59 Å². The van der Waals surface area contributed by atoms with Crippen molar-refractivity contribution in [3.63, 3.8) is 0 Å². The summed E-state index contributed by atoms with van der Waals surface area (Å²) in [5, 5.41) is 3.75. The number of anilines is 1. The fourth-order valence-electron chi connectivity index (χ4n) is 2.53. The lowest BCUT2D eigenvalue weighted by atomic mass is 10.0. The van der Waals surface area contributed by atoms with Crippen LogP contribution in [0.4, 0.5) is 5.69 Å². The van der Waals surface area contributed by atoms with Crippen molar-refractivity contribution < 1.29 is 14.3 Å². The lowest BCUT2D eigenvalue weighted by molar-refractivity contribution is -0.118. The molecule has 0 aliphatic heterocycles. The Bertz CT molecular complexity index is 999. The second-order valence-electron chi connectivity index (χ2n) is 6.18. The molecule has 1 N–H and O–H groups in total. The molecule has 0 aliphatic rings. The molecule has 6 heteroatoms. The maximum Gasteiger partial charge on any atom is 0.262 e. The lowest BCUT2D eigenvalue weighted by Gasteiger charge is -2.10. The highest BCUT2D eigenvalue weighted by Gasteiger charge is 2.10. The van der Waals surface area contributed by atoms with Crippen molar-refractivity contribution in [3.8, 4) is 5.75 Å². The molecule has 0 aromatic heterocycles. The summed E-state index contributed by atoms with van der Waals surface area (Å²) in [6.07, 6.45) is 0. The summed E-state index contributed by atoms with van der Waals surface area (Å²) < 4.78 is 5.48. The van der Waals surface area contributed by atoms with E-state index in [0.29, 0.717) is 32.6 Å². The van der Waals surface area contributed by atoms with Crippen LogP contribution in [0.3, 0.4) is 0 Å². The van der Waals surface area contributed by atoms with Crippen LogP contribution in [-0.2, 0) is 4.79 Å². The van der Waals surface area contributed by atoms with Gasteiger partial charge in [-0.05, 0) is 73.2 Å². The van der Waals surface area contributed by atoms with Crippen molar-refractivity contribution in [3.05, 3.63) is 93.5 Å². The second kappa shape index (κ2) is 8.91. The van der Waals surface area contributed by atoms with Crippen molar-refractivity contribution in [2.75, 3.05) is 11.9 Å². The van der Waals surface area contributed by atoms with Gasteiger partial charge in [0.05, 0.1) is 10.7 Å². The molecular formula is C22H17Cl2NO3.